The molecule has 24 heavy (non-hydrogen) atoms. The lowest BCUT2D eigenvalue weighted by Gasteiger charge is -2.22. The molecule has 0 unspecified atom stereocenters. The summed E-state index contributed by atoms with van der Waals surface area (Å²) < 4.78 is 5.44. The fraction of sp³-hybridized carbons (Fsp3) is 0.556. The summed E-state index contributed by atoms with van der Waals surface area (Å²) in [6.07, 6.45) is 5.96. The molecule has 3 rings (SSSR count). The van der Waals surface area contributed by atoms with E-state index in [0.29, 0.717) is 24.4 Å². The van der Waals surface area contributed by atoms with Gasteiger partial charge in [-0.1, -0.05) is 12.8 Å². The van der Waals surface area contributed by atoms with Gasteiger partial charge < -0.3 is 19.9 Å². The second-order valence-electron chi connectivity index (χ2n) is 6.37. The van der Waals surface area contributed by atoms with Crippen LogP contribution in [0.3, 0.4) is 0 Å². The number of benzene rings is 1. The second-order valence-corrected chi connectivity index (χ2v) is 6.37. The Morgan fingerprint density at radius 1 is 1.08 bits per heavy atom. The third-order valence-corrected chi connectivity index (χ3v) is 4.69. The van der Waals surface area contributed by atoms with Gasteiger partial charge in [-0.2, -0.15) is 0 Å². The van der Waals surface area contributed by atoms with Crippen molar-refractivity contribution >= 4 is 23.3 Å². The highest BCUT2D eigenvalue weighted by atomic mass is 16.5. The van der Waals surface area contributed by atoms with Crippen molar-refractivity contribution in [1.29, 1.82) is 0 Å². The van der Waals surface area contributed by atoms with Crippen molar-refractivity contribution in [2.75, 3.05) is 37.0 Å². The molecule has 1 aromatic carbocycles. The van der Waals surface area contributed by atoms with Gasteiger partial charge in [-0.3, -0.25) is 4.79 Å². The lowest BCUT2D eigenvalue weighted by molar-refractivity contribution is -0.117. The van der Waals surface area contributed by atoms with Gasteiger partial charge in [0.25, 0.3) is 0 Å². The lowest BCUT2D eigenvalue weighted by atomic mass is 10.2. The van der Waals surface area contributed by atoms with Crippen LogP contribution in [0.25, 0.3) is 0 Å². The van der Waals surface area contributed by atoms with E-state index in [1.807, 2.05) is 17.0 Å². The number of nitrogens with zero attached hydrogens (tertiary/aromatic N) is 2. The predicted molar refractivity (Wildman–Crippen MR) is 93.6 cm³/mol. The van der Waals surface area contributed by atoms with E-state index < -0.39 is 0 Å². The average Bonchev–Trinajstić information content (AvgIpc) is 2.85. The minimum Gasteiger partial charge on any atom is -0.494 e. The number of amides is 3. The fourth-order valence-electron chi connectivity index (χ4n) is 3.36. The number of methoxy groups -OCH3 is 1. The zero-order valence-corrected chi connectivity index (χ0v) is 14.2. The van der Waals surface area contributed by atoms with Crippen molar-refractivity contribution in [2.45, 2.75) is 38.5 Å². The Morgan fingerprint density at radius 2 is 1.83 bits per heavy atom. The van der Waals surface area contributed by atoms with Crippen molar-refractivity contribution in [3.8, 4) is 5.75 Å². The first-order chi connectivity index (χ1) is 11.7. The number of hydrogen-bond donors (Lipinski definition) is 1. The average molecular weight is 331 g/mol. The van der Waals surface area contributed by atoms with Crippen LogP contribution in [0.2, 0.25) is 0 Å². The minimum atomic E-state index is -0.0658. The van der Waals surface area contributed by atoms with E-state index >= 15 is 0 Å². The largest absolute Gasteiger partial charge is 0.494 e. The van der Waals surface area contributed by atoms with Crippen molar-refractivity contribution in [3.05, 3.63) is 18.2 Å². The van der Waals surface area contributed by atoms with E-state index in [-0.39, 0.29) is 11.9 Å². The highest BCUT2D eigenvalue weighted by Crippen LogP contribution is 2.33. The van der Waals surface area contributed by atoms with Crippen molar-refractivity contribution in [3.63, 3.8) is 0 Å². The Kier molecular flexibility index (Phi) is 5.23. The van der Waals surface area contributed by atoms with Gasteiger partial charge in [-0.05, 0) is 31.4 Å². The molecule has 6 nitrogen and oxygen atoms in total. The minimum absolute atomic E-state index is 0.0658. The van der Waals surface area contributed by atoms with Crippen molar-refractivity contribution in [2.24, 2.45) is 0 Å². The van der Waals surface area contributed by atoms with E-state index in [2.05, 4.69) is 5.32 Å². The molecule has 1 aromatic rings. The molecule has 0 aliphatic carbocycles. The lowest BCUT2D eigenvalue weighted by Crippen LogP contribution is -2.35. The molecule has 2 aliphatic heterocycles. The van der Waals surface area contributed by atoms with E-state index in [1.54, 1.807) is 18.1 Å². The molecule has 0 spiro atoms. The van der Waals surface area contributed by atoms with E-state index in [9.17, 15) is 9.59 Å². The van der Waals surface area contributed by atoms with Crippen molar-refractivity contribution < 1.29 is 14.3 Å². The number of rotatable bonds is 3. The van der Waals surface area contributed by atoms with Gasteiger partial charge in [0, 0.05) is 37.8 Å². The number of anilines is 2. The van der Waals surface area contributed by atoms with Gasteiger partial charge in [0.15, 0.2) is 0 Å². The zero-order valence-electron chi connectivity index (χ0n) is 14.2. The Labute approximate surface area is 142 Å². The number of hydrogen-bond acceptors (Lipinski definition) is 3. The molecule has 0 bridgehead atoms. The predicted octanol–water partition coefficient (Wildman–Crippen LogP) is 3.23. The molecule has 0 radical (unpaired) electrons. The molecule has 2 heterocycles. The normalized spacial score (nSPS) is 18.5. The van der Waals surface area contributed by atoms with Gasteiger partial charge in [-0.15, -0.1) is 0 Å². The molecule has 0 aromatic heterocycles. The molecule has 130 valence electrons. The van der Waals surface area contributed by atoms with Gasteiger partial charge in [0.1, 0.15) is 5.75 Å². The summed E-state index contributed by atoms with van der Waals surface area (Å²) in [7, 11) is 1.58. The van der Waals surface area contributed by atoms with Gasteiger partial charge in [0.2, 0.25) is 5.91 Å². The van der Waals surface area contributed by atoms with Crippen LogP contribution in [-0.2, 0) is 4.79 Å². The molecule has 6 heteroatoms. The maximum Gasteiger partial charge on any atom is 0.321 e. The van der Waals surface area contributed by atoms with Crippen LogP contribution in [-0.4, -0.2) is 43.6 Å². The van der Waals surface area contributed by atoms with Gasteiger partial charge in [-0.25, -0.2) is 4.79 Å². The monoisotopic (exact) mass is 331 g/mol. The zero-order chi connectivity index (χ0) is 16.9. The Morgan fingerprint density at radius 3 is 2.46 bits per heavy atom. The molecule has 0 saturated carbocycles. The fourth-order valence-corrected chi connectivity index (χ4v) is 3.36. The summed E-state index contributed by atoms with van der Waals surface area (Å²) in [6, 6.07) is 5.40. The first kappa shape index (κ1) is 16.6. The van der Waals surface area contributed by atoms with Crippen LogP contribution < -0.4 is 15.0 Å². The summed E-state index contributed by atoms with van der Waals surface area (Å²) in [4.78, 5) is 28.0. The topological polar surface area (TPSA) is 61.9 Å². The third kappa shape index (κ3) is 3.63. The molecular formula is C18H25N3O3. The standard InChI is InChI=1S/C18H25N3O3/c1-24-16-13-14(8-9-15(16)21-12-6-7-17(21)22)19-18(23)20-10-4-2-3-5-11-20/h8-9,13H,2-7,10-12H2,1H3,(H,19,23). The van der Waals surface area contributed by atoms with Crippen LogP contribution >= 0.6 is 0 Å². The smallest absolute Gasteiger partial charge is 0.321 e. The molecule has 0 atom stereocenters. The number of carbonyl (C=O) groups is 2. The molecule has 3 amide bonds. The highest BCUT2D eigenvalue weighted by molar-refractivity contribution is 5.97. The Bertz CT molecular complexity index is 610. The summed E-state index contributed by atoms with van der Waals surface area (Å²) in [5, 5.41) is 2.95. The molecular weight excluding hydrogens is 306 g/mol. The highest BCUT2D eigenvalue weighted by Gasteiger charge is 2.25. The number of nitrogens with one attached hydrogen (secondary N) is 1. The van der Waals surface area contributed by atoms with Gasteiger partial charge in [0.05, 0.1) is 12.8 Å². The molecule has 1 N–H and O–H groups in total. The summed E-state index contributed by atoms with van der Waals surface area (Å²) in [5.74, 6) is 0.730. The van der Waals surface area contributed by atoms with Crippen LogP contribution in [0, 0.1) is 0 Å². The third-order valence-electron chi connectivity index (χ3n) is 4.69. The summed E-state index contributed by atoms with van der Waals surface area (Å²) in [5.41, 5.74) is 1.46. The SMILES string of the molecule is COc1cc(NC(=O)N2CCCCCC2)ccc1N1CCCC1=O. The van der Waals surface area contributed by atoms with E-state index in [0.717, 1.165) is 38.0 Å². The number of ether oxygens (including phenoxy) is 1. The molecule has 2 fully saturated rings. The first-order valence-electron chi connectivity index (χ1n) is 8.73. The van der Waals surface area contributed by atoms with Gasteiger partial charge >= 0.3 is 6.03 Å². The second kappa shape index (κ2) is 7.55. The Hall–Kier alpha value is -2.24. The van der Waals surface area contributed by atoms with Crippen molar-refractivity contribution in [1.82, 2.24) is 4.90 Å². The maximum atomic E-state index is 12.4. The first-order valence-corrected chi connectivity index (χ1v) is 8.73. The van der Waals surface area contributed by atoms with Crippen LogP contribution in [0.4, 0.5) is 16.2 Å². The maximum absolute atomic E-state index is 12.4. The summed E-state index contributed by atoms with van der Waals surface area (Å²) in [6.45, 7) is 2.33. The number of carbonyl (C=O) groups excluding carboxylic acids is 2. The quantitative estimate of drug-likeness (QED) is 0.925. The number of likely N-dealkylation sites (tertiary alicyclic amines) is 1. The van der Waals surface area contributed by atoms with Crippen LogP contribution in [0.1, 0.15) is 38.5 Å². The molecule has 2 saturated heterocycles. The van der Waals surface area contributed by atoms with E-state index in [1.165, 1.54) is 12.8 Å². The van der Waals surface area contributed by atoms with Crippen LogP contribution in [0.5, 0.6) is 5.75 Å². The van der Waals surface area contributed by atoms with E-state index in [4.69, 9.17) is 4.74 Å². The number of urea groups is 1. The molecule has 2 aliphatic rings. The summed E-state index contributed by atoms with van der Waals surface area (Å²) >= 11 is 0. The van der Waals surface area contributed by atoms with Crippen LogP contribution in [0.15, 0.2) is 18.2 Å². The Balaban J connectivity index is 1.72.